The number of carbonyl (C=O) groups is 2. The zero-order chi connectivity index (χ0) is 18.6. The molecule has 1 saturated heterocycles. The van der Waals surface area contributed by atoms with E-state index < -0.39 is 0 Å². The molecule has 2 fully saturated rings. The maximum absolute atomic E-state index is 12.4. The molecule has 2 aliphatic rings. The molecule has 26 heavy (non-hydrogen) atoms. The Labute approximate surface area is 156 Å². The van der Waals surface area contributed by atoms with Gasteiger partial charge in [0.15, 0.2) is 0 Å². The Bertz CT molecular complexity index is 617. The number of carbonyl (C=O) groups excluding carboxylic acids is 2. The Balaban J connectivity index is 1.44. The normalized spacial score (nSPS) is 20.2. The summed E-state index contributed by atoms with van der Waals surface area (Å²) in [5.41, 5.74) is 1.47. The van der Waals surface area contributed by atoms with Crippen LogP contribution in [0.2, 0.25) is 0 Å². The summed E-state index contributed by atoms with van der Waals surface area (Å²) in [4.78, 5) is 28.3. The van der Waals surface area contributed by atoms with E-state index in [-0.39, 0.29) is 23.1 Å². The minimum absolute atomic E-state index is 0.101. The second-order valence-electron chi connectivity index (χ2n) is 8.06. The molecule has 1 heterocycles. The third-order valence-electron chi connectivity index (χ3n) is 6.07. The highest BCUT2D eigenvalue weighted by Gasteiger charge is 2.38. The highest BCUT2D eigenvalue weighted by atomic mass is 16.2. The second-order valence-corrected chi connectivity index (χ2v) is 8.06. The van der Waals surface area contributed by atoms with E-state index in [0.29, 0.717) is 6.54 Å². The molecule has 5 heteroatoms. The Kier molecular flexibility index (Phi) is 5.97. The monoisotopic (exact) mass is 357 g/mol. The first-order valence-electron chi connectivity index (χ1n) is 9.76. The summed E-state index contributed by atoms with van der Waals surface area (Å²) in [5.74, 6) is 0.425. The van der Waals surface area contributed by atoms with Crippen molar-refractivity contribution in [2.24, 2.45) is 5.92 Å². The smallest absolute Gasteiger partial charge is 0.234 e. The van der Waals surface area contributed by atoms with Gasteiger partial charge in [-0.1, -0.05) is 36.8 Å². The van der Waals surface area contributed by atoms with Crippen LogP contribution in [-0.2, 0) is 15.0 Å². The van der Waals surface area contributed by atoms with Gasteiger partial charge in [0, 0.05) is 32.0 Å². The molecule has 1 N–H and O–H groups in total. The van der Waals surface area contributed by atoms with Crippen LogP contribution in [0.5, 0.6) is 0 Å². The van der Waals surface area contributed by atoms with E-state index in [1.807, 2.05) is 20.2 Å². The third-order valence-corrected chi connectivity index (χ3v) is 6.07. The maximum atomic E-state index is 12.4. The van der Waals surface area contributed by atoms with Crippen molar-refractivity contribution in [3.63, 3.8) is 0 Å². The molecule has 5 nitrogen and oxygen atoms in total. The molecular weight excluding hydrogens is 326 g/mol. The largest absolute Gasteiger partial charge is 0.354 e. The van der Waals surface area contributed by atoms with Crippen molar-refractivity contribution in [1.29, 1.82) is 0 Å². The van der Waals surface area contributed by atoms with Crippen molar-refractivity contribution in [3.05, 3.63) is 35.9 Å². The topological polar surface area (TPSA) is 52.7 Å². The third kappa shape index (κ3) is 4.26. The molecule has 1 aliphatic heterocycles. The van der Waals surface area contributed by atoms with Gasteiger partial charge in [-0.05, 0) is 44.3 Å². The van der Waals surface area contributed by atoms with E-state index in [1.54, 1.807) is 4.90 Å². The minimum Gasteiger partial charge on any atom is -0.354 e. The number of benzene rings is 1. The summed E-state index contributed by atoms with van der Waals surface area (Å²) in [5, 5.41) is 3.17. The van der Waals surface area contributed by atoms with Crippen molar-refractivity contribution < 1.29 is 9.59 Å². The van der Waals surface area contributed by atoms with E-state index in [4.69, 9.17) is 0 Å². The van der Waals surface area contributed by atoms with Crippen molar-refractivity contribution in [2.75, 3.05) is 40.3 Å². The molecule has 142 valence electrons. The van der Waals surface area contributed by atoms with Crippen molar-refractivity contribution in [2.45, 2.75) is 37.5 Å². The number of amides is 2. The lowest BCUT2D eigenvalue weighted by Crippen LogP contribution is -2.49. The van der Waals surface area contributed by atoms with Crippen LogP contribution >= 0.6 is 0 Å². The highest BCUT2D eigenvalue weighted by molar-refractivity contribution is 5.79. The van der Waals surface area contributed by atoms with Gasteiger partial charge in [0.05, 0.1) is 6.54 Å². The molecule has 0 unspecified atom stereocenters. The number of nitrogens with zero attached hydrogens (tertiary/aromatic N) is 2. The zero-order valence-corrected chi connectivity index (χ0v) is 16.0. The van der Waals surface area contributed by atoms with E-state index in [1.165, 1.54) is 12.0 Å². The molecule has 2 amide bonds. The van der Waals surface area contributed by atoms with Gasteiger partial charge in [-0.25, -0.2) is 0 Å². The van der Waals surface area contributed by atoms with E-state index in [9.17, 15) is 9.59 Å². The van der Waals surface area contributed by atoms with Crippen LogP contribution in [0.1, 0.15) is 37.7 Å². The predicted octanol–water partition coefficient (Wildman–Crippen LogP) is 2.02. The molecule has 0 aromatic heterocycles. The van der Waals surface area contributed by atoms with Crippen LogP contribution in [0, 0.1) is 5.92 Å². The zero-order valence-electron chi connectivity index (χ0n) is 16.0. The Morgan fingerprint density at radius 3 is 2.35 bits per heavy atom. The van der Waals surface area contributed by atoms with Crippen LogP contribution in [0.4, 0.5) is 0 Å². The summed E-state index contributed by atoms with van der Waals surface area (Å²) in [7, 11) is 3.62. The van der Waals surface area contributed by atoms with Gasteiger partial charge in [-0.15, -0.1) is 0 Å². The molecule has 3 rings (SSSR count). The lowest BCUT2D eigenvalue weighted by Gasteiger charge is -2.42. The van der Waals surface area contributed by atoms with Crippen molar-refractivity contribution >= 4 is 11.8 Å². The molecule has 1 aromatic carbocycles. The summed E-state index contributed by atoms with van der Waals surface area (Å²) >= 11 is 0. The molecular formula is C21H31N3O2. The van der Waals surface area contributed by atoms with Gasteiger partial charge in [-0.3, -0.25) is 14.5 Å². The summed E-state index contributed by atoms with van der Waals surface area (Å²) in [6, 6.07) is 10.6. The van der Waals surface area contributed by atoms with E-state index >= 15 is 0 Å². The van der Waals surface area contributed by atoms with Gasteiger partial charge in [0.25, 0.3) is 0 Å². The lowest BCUT2D eigenvalue weighted by molar-refractivity contribution is -0.134. The molecule has 0 radical (unpaired) electrons. The molecule has 0 bridgehead atoms. The van der Waals surface area contributed by atoms with Gasteiger partial charge in [0.2, 0.25) is 11.8 Å². The van der Waals surface area contributed by atoms with Gasteiger partial charge in [-0.2, -0.15) is 0 Å². The Hall–Kier alpha value is -1.88. The number of likely N-dealkylation sites (tertiary alicyclic amines) is 1. The van der Waals surface area contributed by atoms with Crippen LogP contribution in [0.15, 0.2) is 30.3 Å². The fourth-order valence-corrected chi connectivity index (χ4v) is 4.19. The van der Waals surface area contributed by atoms with Crippen LogP contribution in [0.25, 0.3) is 0 Å². The number of nitrogens with one attached hydrogen (secondary N) is 1. The quantitative estimate of drug-likeness (QED) is 0.847. The average Bonchev–Trinajstić information content (AvgIpc) is 2.61. The highest BCUT2D eigenvalue weighted by Crippen LogP contribution is 2.43. The maximum Gasteiger partial charge on any atom is 0.234 e. The SMILES string of the molecule is CN(C)C(=O)C1CCN(CC(=O)NCC2(c3ccccc3)CCC2)CC1. The predicted molar refractivity (Wildman–Crippen MR) is 103 cm³/mol. The van der Waals surface area contributed by atoms with Crippen molar-refractivity contribution in [3.8, 4) is 0 Å². The lowest BCUT2D eigenvalue weighted by atomic mass is 9.64. The fourth-order valence-electron chi connectivity index (χ4n) is 4.19. The second kappa shape index (κ2) is 8.21. The molecule has 0 atom stereocenters. The molecule has 0 spiro atoms. The fraction of sp³-hybridized carbons (Fsp3) is 0.619. The van der Waals surface area contributed by atoms with Gasteiger partial charge >= 0.3 is 0 Å². The minimum atomic E-state index is 0.101. The first-order valence-corrected chi connectivity index (χ1v) is 9.76. The number of piperidine rings is 1. The van der Waals surface area contributed by atoms with Crippen molar-refractivity contribution in [1.82, 2.24) is 15.1 Å². The van der Waals surface area contributed by atoms with Gasteiger partial charge in [0.1, 0.15) is 0 Å². The van der Waals surface area contributed by atoms with Crippen LogP contribution in [-0.4, -0.2) is 61.9 Å². The Morgan fingerprint density at radius 2 is 1.81 bits per heavy atom. The van der Waals surface area contributed by atoms with E-state index in [2.05, 4.69) is 34.5 Å². The number of hydrogen-bond acceptors (Lipinski definition) is 3. The first kappa shape index (κ1) is 18.9. The first-order chi connectivity index (χ1) is 12.5. The van der Waals surface area contributed by atoms with E-state index in [0.717, 1.165) is 45.3 Å². The number of rotatable bonds is 6. The summed E-state index contributed by atoms with van der Waals surface area (Å²) in [6.45, 7) is 2.81. The van der Waals surface area contributed by atoms with Crippen LogP contribution < -0.4 is 5.32 Å². The molecule has 1 saturated carbocycles. The number of hydrogen-bond donors (Lipinski definition) is 1. The van der Waals surface area contributed by atoms with Crippen LogP contribution in [0.3, 0.4) is 0 Å². The average molecular weight is 357 g/mol. The summed E-state index contributed by atoms with van der Waals surface area (Å²) in [6.07, 6.45) is 5.22. The molecule has 1 aromatic rings. The molecule has 1 aliphatic carbocycles. The standard InChI is InChI=1S/C21H31N3O2/c1-23(2)20(26)17-9-13-24(14-10-17)15-19(25)22-16-21(11-6-12-21)18-7-4-3-5-8-18/h3-5,7-8,17H,6,9-16H2,1-2H3,(H,22,25). The van der Waals surface area contributed by atoms with Gasteiger partial charge < -0.3 is 10.2 Å². The Morgan fingerprint density at radius 1 is 1.15 bits per heavy atom. The summed E-state index contributed by atoms with van der Waals surface area (Å²) < 4.78 is 0.